The number of esters is 1. The first-order valence-electron chi connectivity index (χ1n) is 4.86. The quantitative estimate of drug-likeness (QED) is 0.505. The summed E-state index contributed by atoms with van der Waals surface area (Å²) in [6, 6.07) is 0. The normalized spacial score (nSPS) is 11.9. The van der Waals surface area contributed by atoms with Gasteiger partial charge in [0.1, 0.15) is 5.60 Å². The number of ether oxygens (including phenoxy) is 3. The lowest BCUT2D eigenvalue weighted by atomic mass is 10.2. The number of hydrogen-bond donors (Lipinski definition) is 0. The third-order valence-electron chi connectivity index (χ3n) is 1.24. The highest BCUT2D eigenvalue weighted by Gasteiger charge is 2.25. The van der Waals surface area contributed by atoms with E-state index in [9.17, 15) is 4.79 Å². The first-order valence-corrected chi connectivity index (χ1v) is 4.86. The molecule has 0 bridgehead atoms. The Morgan fingerprint density at radius 3 is 1.86 bits per heavy atom. The minimum atomic E-state index is -0.899. The molecule has 0 unspecified atom stereocenters. The summed E-state index contributed by atoms with van der Waals surface area (Å²) in [6.45, 7) is 9.86. The van der Waals surface area contributed by atoms with Crippen molar-refractivity contribution in [3.8, 4) is 0 Å². The third-order valence-corrected chi connectivity index (χ3v) is 1.24. The second kappa shape index (κ2) is 5.98. The summed E-state index contributed by atoms with van der Waals surface area (Å²) >= 11 is 0. The lowest BCUT2D eigenvalue weighted by molar-refractivity contribution is -0.203. The Hall–Kier alpha value is -0.610. The molecule has 0 aliphatic heterocycles. The summed E-state index contributed by atoms with van der Waals surface area (Å²) in [7, 11) is 0. The molecule has 0 aromatic heterocycles. The van der Waals surface area contributed by atoms with E-state index in [0.29, 0.717) is 13.2 Å². The largest absolute Gasteiger partial charge is 0.456 e. The minimum Gasteiger partial charge on any atom is -0.456 e. The van der Waals surface area contributed by atoms with Gasteiger partial charge in [-0.25, -0.2) is 4.79 Å². The van der Waals surface area contributed by atoms with Crippen LogP contribution in [0.4, 0.5) is 0 Å². The summed E-state index contributed by atoms with van der Waals surface area (Å²) in [5, 5.41) is 0. The van der Waals surface area contributed by atoms with Crippen LogP contribution in [0, 0.1) is 0 Å². The highest BCUT2D eigenvalue weighted by atomic mass is 16.7. The van der Waals surface area contributed by atoms with E-state index in [-0.39, 0.29) is 0 Å². The summed E-state index contributed by atoms with van der Waals surface area (Å²) < 4.78 is 15.3. The molecule has 4 heteroatoms. The van der Waals surface area contributed by atoms with Gasteiger partial charge in [-0.15, -0.1) is 0 Å². The molecule has 0 aromatic rings. The molecule has 0 radical (unpaired) electrons. The molecule has 4 nitrogen and oxygen atoms in total. The highest BCUT2D eigenvalue weighted by Crippen LogP contribution is 2.10. The fourth-order valence-corrected chi connectivity index (χ4v) is 0.837. The number of hydrogen-bond acceptors (Lipinski definition) is 4. The Morgan fingerprint density at radius 1 is 1.14 bits per heavy atom. The van der Waals surface area contributed by atoms with Crippen LogP contribution in [0.5, 0.6) is 0 Å². The van der Waals surface area contributed by atoms with Crippen LogP contribution < -0.4 is 0 Å². The molecular formula is C10H20O4. The van der Waals surface area contributed by atoms with Gasteiger partial charge in [0, 0.05) is 13.2 Å². The van der Waals surface area contributed by atoms with Crippen LogP contribution in [0.25, 0.3) is 0 Å². The molecule has 0 atom stereocenters. The van der Waals surface area contributed by atoms with Gasteiger partial charge < -0.3 is 14.2 Å². The summed E-state index contributed by atoms with van der Waals surface area (Å²) in [5.41, 5.74) is -0.510. The van der Waals surface area contributed by atoms with Gasteiger partial charge in [0.2, 0.25) is 0 Å². The van der Waals surface area contributed by atoms with Crippen LogP contribution in [-0.4, -0.2) is 31.1 Å². The van der Waals surface area contributed by atoms with Gasteiger partial charge in [-0.2, -0.15) is 0 Å². The van der Waals surface area contributed by atoms with Crippen LogP contribution >= 0.6 is 0 Å². The van der Waals surface area contributed by atoms with Crippen molar-refractivity contribution in [2.75, 3.05) is 13.2 Å². The monoisotopic (exact) mass is 204 g/mol. The van der Waals surface area contributed by atoms with Crippen molar-refractivity contribution >= 4 is 5.97 Å². The molecular weight excluding hydrogens is 184 g/mol. The van der Waals surface area contributed by atoms with Crippen molar-refractivity contribution in [1.29, 1.82) is 0 Å². The Bertz CT molecular complexity index is 165. The zero-order valence-corrected chi connectivity index (χ0v) is 9.62. The molecule has 0 heterocycles. The van der Waals surface area contributed by atoms with Crippen molar-refractivity contribution in [2.24, 2.45) is 0 Å². The second-order valence-electron chi connectivity index (χ2n) is 3.78. The van der Waals surface area contributed by atoms with Crippen molar-refractivity contribution in [3.05, 3.63) is 0 Å². The van der Waals surface area contributed by atoms with Crippen LogP contribution in [0.3, 0.4) is 0 Å². The molecule has 84 valence electrons. The molecule has 0 aliphatic carbocycles. The maximum absolute atomic E-state index is 11.5. The average Bonchev–Trinajstić information content (AvgIpc) is 2.01. The molecule has 0 fully saturated rings. The van der Waals surface area contributed by atoms with E-state index in [2.05, 4.69) is 0 Å². The Kier molecular flexibility index (Phi) is 5.72. The van der Waals surface area contributed by atoms with Gasteiger partial charge in [-0.05, 0) is 34.6 Å². The van der Waals surface area contributed by atoms with Crippen molar-refractivity contribution in [2.45, 2.75) is 46.5 Å². The van der Waals surface area contributed by atoms with Crippen LogP contribution in [0.2, 0.25) is 0 Å². The number of carbonyl (C=O) groups is 1. The standard InChI is InChI=1S/C10H20O4/c1-6-12-9(13-7-2)8(11)14-10(3,4)5/h9H,6-7H2,1-5H3. The van der Waals surface area contributed by atoms with Gasteiger partial charge in [0.25, 0.3) is 6.29 Å². The maximum Gasteiger partial charge on any atom is 0.364 e. The lowest BCUT2D eigenvalue weighted by Crippen LogP contribution is -2.35. The van der Waals surface area contributed by atoms with Gasteiger partial charge in [0.15, 0.2) is 0 Å². The van der Waals surface area contributed by atoms with Crippen molar-refractivity contribution in [3.63, 3.8) is 0 Å². The minimum absolute atomic E-state index is 0.421. The fraction of sp³-hybridized carbons (Fsp3) is 0.900. The highest BCUT2D eigenvalue weighted by molar-refractivity contribution is 5.73. The van der Waals surface area contributed by atoms with Gasteiger partial charge in [-0.1, -0.05) is 0 Å². The van der Waals surface area contributed by atoms with E-state index >= 15 is 0 Å². The lowest BCUT2D eigenvalue weighted by Gasteiger charge is -2.23. The fourth-order valence-electron chi connectivity index (χ4n) is 0.837. The number of carbonyl (C=O) groups excluding carboxylic acids is 1. The van der Waals surface area contributed by atoms with Crippen molar-refractivity contribution in [1.82, 2.24) is 0 Å². The third kappa shape index (κ3) is 5.94. The summed E-state index contributed by atoms with van der Waals surface area (Å²) in [6.07, 6.45) is -0.899. The van der Waals surface area contributed by atoms with Crippen LogP contribution in [0.1, 0.15) is 34.6 Å². The van der Waals surface area contributed by atoms with E-state index < -0.39 is 17.9 Å². The molecule has 0 saturated carbocycles. The Morgan fingerprint density at radius 2 is 1.57 bits per heavy atom. The van der Waals surface area contributed by atoms with Gasteiger partial charge >= 0.3 is 5.97 Å². The molecule has 0 saturated heterocycles. The summed E-state index contributed by atoms with van der Waals surface area (Å²) in [5.74, 6) is -0.471. The molecule has 14 heavy (non-hydrogen) atoms. The predicted molar refractivity (Wildman–Crippen MR) is 52.9 cm³/mol. The first-order chi connectivity index (χ1) is 6.40. The topological polar surface area (TPSA) is 44.8 Å². The first kappa shape index (κ1) is 13.4. The smallest absolute Gasteiger partial charge is 0.364 e. The zero-order chi connectivity index (χ0) is 11.2. The average molecular weight is 204 g/mol. The van der Waals surface area contributed by atoms with Gasteiger partial charge in [0.05, 0.1) is 0 Å². The molecule has 0 aliphatic rings. The molecule has 0 rings (SSSR count). The van der Waals surface area contributed by atoms with E-state index in [0.717, 1.165) is 0 Å². The second-order valence-corrected chi connectivity index (χ2v) is 3.78. The zero-order valence-electron chi connectivity index (χ0n) is 9.62. The van der Waals surface area contributed by atoms with E-state index in [1.807, 2.05) is 0 Å². The van der Waals surface area contributed by atoms with Crippen LogP contribution in [0.15, 0.2) is 0 Å². The SMILES string of the molecule is CCOC(OCC)C(=O)OC(C)(C)C. The molecule has 0 N–H and O–H groups in total. The molecule has 0 spiro atoms. The molecule has 0 aromatic carbocycles. The molecule has 0 amide bonds. The summed E-state index contributed by atoms with van der Waals surface area (Å²) in [4.78, 5) is 11.5. The van der Waals surface area contributed by atoms with Crippen LogP contribution in [-0.2, 0) is 19.0 Å². The van der Waals surface area contributed by atoms with Crippen molar-refractivity contribution < 1.29 is 19.0 Å². The number of rotatable bonds is 5. The Balaban J connectivity index is 4.14. The van der Waals surface area contributed by atoms with E-state index in [4.69, 9.17) is 14.2 Å². The van der Waals surface area contributed by atoms with E-state index in [1.165, 1.54) is 0 Å². The predicted octanol–water partition coefficient (Wildman–Crippen LogP) is 1.73. The van der Waals surface area contributed by atoms with Gasteiger partial charge in [-0.3, -0.25) is 0 Å². The van der Waals surface area contributed by atoms with E-state index in [1.54, 1.807) is 34.6 Å². The Labute approximate surface area is 85.5 Å². The maximum atomic E-state index is 11.5.